The number of allylic oxidation sites excluding steroid dienone is 12. The minimum atomic E-state index is -4.98. The SMILES string of the molecule is CCCCC/C=C\C/C=C\CCCCCCCC(=O)OC[C@H](COP(=O)(O)OC[C@@H](O)COP(=O)(O)OC[C@@H](COC(=O)CCCCCCCCC/C=C\CCCCCC)OC(=O)CCCCCCC/C=C\C/C=C\CCCCC)OC(=O)CCCCCCCCC/C=C\CCCCCC. The lowest BCUT2D eigenvalue weighted by Crippen LogP contribution is -2.30. The Morgan fingerprint density at radius 3 is 0.770 bits per heavy atom. The largest absolute Gasteiger partial charge is 0.472 e. The van der Waals surface area contributed by atoms with E-state index in [4.69, 9.17) is 37.0 Å². The number of rotatable bonds is 76. The van der Waals surface area contributed by atoms with E-state index in [1.165, 1.54) is 103 Å². The van der Waals surface area contributed by atoms with Crippen molar-refractivity contribution in [2.24, 2.45) is 0 Å². The van der Waals surface area contributed by atoms with Crippen LogP contribution in [0.25, 0.3) is 0 Å². The molecule has 0 aliphatic rings. The minimum absolute atomic E-state index is 0.0808. The van der Waals surface area contributed by atoms with Gasteiger partial charge >= 0.3 is 39.5 Å². The van der Waals surface area contributed by atoms with Gasteiger partial charge in [0.05, 0.1) is 26.4 Å². The minimum Gasteiger partial charge on any atom is -0.462 e. The summed E-state index contributed by atoms with van der Waals surface area (Å²) in [6.07, 6.45) is 74.4. The molecule has 0 saturated carbocycles. The van der Waals surface area contributed by atoms with Crippen LogP contribution in [-0.2, 0) is 65.4 Å². The average molecular weight is 1450 g/mol. The molecule has 2 unspecified atom stereocenters. The van der Waals surface area contributed by atoms with Crippen molar-refractivity contribution in [3.63, 3.8) is 0 Å². The summed E-state index contributed by atoms with van der Waals surface area (Å²) < 4.78 is 68.6. The molecule has 19 heteroatoms. The fourth-order valence-electron chi connectivity index (χ4n) is 10.9. The molecule has 0 aliphatic carbocycles. The second-order valence-electron chi connectivity index (χ2n) is 27.0. The van der Waals surface area contributed by atoms with Gasteiger partial charge in [-0.3, -0.25) is 37.3 Å². The lowest BCUT2D eigenvalue weighted by atomic mass is 10.1. The van der Waals surface area contributed by atoms with Gasteiger partial charge in [-0.25, -0.2) is 9.13 Å². The molecule has 0 bridgehead atoms. The summed E-state index contributed by atoms with van der Waals surface area (Å²) in [5, 5.41) is 10.6. The molecule has 3 N–H and O–H groups in total. The monoisotopic (exact) mass is 1450 g/mol. The zero-order chi connectivity index (χ0) is 73.2. The van der Waals surface area contributed by atoms with Crippen molar-refractivity contribution < 1.29 is 80.2 Å². The Balaban J connectivity index is 5.36. The summed E-state index contributed by atoms with van der Waals surface area (Å²) in [5.74, 6) is -2.19. The molecule has 17 nitrogen and oxygen atoms in total. The van der Waals surface area contributed by atoms with Gasteiger partial charge in [0.15, 0.2) is 12.2 Å². The van der Waals surface area contributed by atoms with Crippen molar-refractivity contribution in [2.75, 3.05) is 39.6 Å². The summed E-state index contributed by atoms with van der Waals surface area (Å²) in [6, 6.07) is 0. The number of aliphatic hydroxyl groups excluding tert-OH is 1. The summed E-state index contributed by atoms with van der Waals surface area (Å²) in [5.41, 5.74) is 0. The van der Waals surface area contributed by atoms with Crippen LogP contribution in [0, 0.1) is 0 Å². The maximum Gasteiger partial charge on any atom is 0.472 e. The van der Waals surface area contributed by atoms with E-state index in [1.807, 2.05) is 0 Å². The van der Waals surface area contributed by atoms with Crippen LogP contribution < -0.4 is 0 Å². The lowest BCUT2D eigenvalue weighted by Gasteiger charge is -2.21. The number of esters is 4. The van der Waals surface area contributed by atoms with Gasteiger partial charge in [-0.2, -0.15) is 0 Å². The van der Waals surface area contributed by atoms with Crippen molar-refractivity contribution >= 4 is 39.5 Å². The molecular formula is C81H146O17P2. The fraction of sp³-hybridized carbons (Fsp3) is 0.802. The van der Waals surface area contributed by atoms with Gasteiger partial charge in [-0.15, -0.1) is 0 Å². The predicted molar refractivity (Wildman–Crippen MR) is 409 cm³/mol. The van der Waals surface area contributed by atoms with Crippen molar-refractivity contribution in [1.82, 2.24) is 0 Å². The molecule has 0 amide bonds. The first kappa shape index (κ1) is 96.5. The Bertz CT molecular complexity index is 2180. The molecule has 0 fully saturated rings. The van der Waals surface area contributed by atoms with E-state index >= 15 is 0 Å². The lowest BCUT2D eigenvalue weighted by molar-refractivity contribution is -0.161. The van der Waals surface area contributed by atoms with E-state index in [9.17, 15) is 43.2 Å². The van der Waals surface area contributed by atoms with Crippen molar-refractivity contribution in [3.05, 3.63) is 72.9 Å². The fourth-order valence-corrected chi connectivity index (χ4v) is 12.5. The van der Waals surface area contributed by atoms with Crippen molar-refractivity contribution in [3.8, 4) is 0 Å². The Hall–Kier alpha value is -3.50. The molecule has 0 aromatic heterocycles. The normalized spacial score (nSPS) is 14.3. The van der Waals surface area contributed by atoms with E-state index in [2.05, 4.69) is 101 Å². The summed E-state index contributed by atoms with van der Waals surface area (Å²) in [6.45, 7) is 4.82. The van der Waals surface area contributed by atoms with E-state index in [-0.39, 0.29) is 25.7 Å². The molecule has 5 atom stereocenters. The second kappa shape index (κ2) is 73.8. The molecular weight excluding hydrogens is 1310 g/mol. The first-order chi connectivity index (χ1) is 48.7. The second-order valence-corrected chi connectivity index (χ2v) is 29.9. The van der Waals surface area contributed by atoms with Gasteiger partial charge in [0.1, 0.15) is 19.3 Å². The van der Waals surface area contributed by atoms with E-state index in [1.54, 1.807) is 0 Å². The highest BCUT2D eigenvalue weighted by atomic mass is 31.2. The summed E-state index contributed by atoms with van der Waals surface area (Å²) >= 11 is 0. The first-order valence-electron chi connectivity index (χ1n) is 40.2. The molecule has 0 aliphatic heterocycles. The van der Waals surface area contributed by atoms with Gasteiger partial charge in [0.25, 0.3) is 0 Å². The van der Waals surface area contributed by atoms with E-state index in [0.29, 0.717) is 25.7 Å². The number of hydrogen-bond donors (Lipinski definition) is 3. The topological polar surface area (TPSA) is 237 Å². The predicted octanol–water partition coefficient (Wildman–Crippen LogP) is 23.2. The Kier molecular flexibility index (Phi) is 71.2. The number of unbranched alkanes of at least 4 members (excludes halogenated alkanes) is 38. The van der Waals surface area contributed by atoms with Crippen LogP contribution >= 0.6 is 15.6 Å². The standard InChI is InChI=1S/C81H146O17P2/c1-5-9-13-17-21-25-29-33-37-41-45-49-53-57-61-65-78(83)91-71-76(97-80(85)67-63-59-55-51-47-43-39-35-31-27-23-19-15-11-7-3)73-95-99(87,88)93-69-75(82)70-94-100(89,90)96-74-77(98-81(86)68-64-60-56-52-48-44-40-36-32-28-24-20-16-12-8-4)72-92-79(84)66-62-58-54-50-46-42-38-34-30-26-22-18-14-10-6-2/h21,24-28,30-31,33,36-37,40,75-77,82H,5-20,22-23,29,32,34-35,38-39,41-74H2,1-4H3,(H,87,88)(H,89,90)/b25-21-,28-24-,30-26-,31-27-,37-33-,40-36-/t75-,76-,77-/m1/s1. The number of hydrogen-bond acceptors (Lipinski definition) is 15. The van der Waals surface area contributed by atoms with Gasteiger partial charge in [0.2, 0.25) is 0 Å². The van der Waals surface area contributed by atoms with Crippen LogP contribution in [0.2, 0.25) is 0 Å². The molecule has 582 valence electrons. The van der Waals surface area contributed by atoms with Crippen LogP contribution in [0.1, 0.15) is 362 Å². The van der Waals surface area contributed by atoms with Gasteiger partial charge in [-0.05, 0) is 141 Å². The average Bonchev–Trinajstić information content (AvgIpc) is 1.01. The van der Waals surface area contributed by atoms with E-state index < -0.39 is 97.5 Å². The Morgan fingerprint density at radius 2 is 0.490 bits per heavy atom. The number of phosphoric ester groups is 2. The van der Waals surface area contributed by atoms with Crippen LogP contribution in [0.4, 0.5) is 0 Å². The van der Waals surface area contributed by atoms with Crippen molar-refractivity contribution in [2.45, 2.75) is 380 Å². The third-order valence-corrected chi connectivity index (χ3v) is 19.0. The molecule has 0 spiro atoms. The van der Waals surface area contributed by atoms with Crippen LogP contribution in [-0.4, -0.2) is 96.7 Å². The molecule has 0 aromatic rings. The highest BCUT2D eigenvalue weighted by Crippen LogP contribution is 2.45. The first-order valence-corrected chi connectivity index (χ1v) is 43.2. The molecule has 0 heterocycles. The quantitative estimate of drug-likeness (QED) is 0.0169. The number of carbonyl (C=O) groups is 4. The van der Waals surface area contributed by atoms with Gasteiger partial charge < -0.3 is 33.8 Å². The van der Waals surface area contributed by atoms with E-state index in [0.717, 1.165) is 180 Å². The summed E-state index contributed by atoms with van der Waals surface area (Å²) in [4.78, 5) is 73.0. The maximum absolute atomic E-state index is 13.1. The zero-order valence-corrected chi connectivity index (χ0v) is 65.4. The van der Waals surface area contributed by atoms with Gasteiger partial charge in [0, 0.05) is 25.7 Å². The highest BCUT2D eigenvalue weighted by Gasteiger charge is 2.30. The Morgan fingerprint density at radius 1 is 0.280 bits per heavy atom. The van der Waals surface area contributed by atoms with Crippen LogP contribution in [0.3, 0.4) is 0 Å². The number of carbonyl (C=O) groups excluding carboxylic acids is 4. The maximum atomic E-state index is 13.1. The number of ether oxygens (including phenoxy) is 4. The third-order valence-electron chi connectivity index (χ3n) is 17.1. The summed E-state index contributed by atoms with van der Waals surface area (Å²) in [7, 11) is -9.95. The number of phosphoric acid groups is 2. The van der Waals surface area contributed by atoms with Gasteiger partial charge in [-0.1, -0.05) is 268 Å². The van der Waals surface area contributed by atoms with Crippen molar-refractivity contribution in [1.29, 1.82) is 0 Å². The molecule has 100 heavy (non-hydrogen) atoms. The Labute approximate surface area is 609 Å². The molecule has 0 saturated heterocycles. The molecule has 0 radical (unpaired) electrons. The van der Waals surface area contributed by atoms with Crippen LogP contribution in [0.15, 0.2) is 72.9 Å². The smallest absolute Gasteiger partial charge is 0.462 e. The molecule has 0 rings (SSSR count). The third kappa shape index (κ3) is 72.8. The van der Waals surface area contributed by atoms with Crippen LogP contribution in [0.5, 0.6) is 0 Å². The number of aliphatic hydroxyl groups is 1. The molecule has 0 aromatic carbocycles. The zero-order valence-electron chi connectivity index (χ0n) is 63.6. The highest BCUT2D eigenvalue weighted by molar-refractivity contribution is 7.47.